The Hall–Kier alpha value is -3.82. The highest BCUT2D eigenvalue weighted by Crippen LogP contribution is 2.45. The van der Waals surface area contributed by atoms with Gasteiger partial charge in [0.15, 0.2) is 0 Å². The first-order valence-corrected chi connectivity index (χ1v) is 7.16. The summed E-state index contributed by atoms with van der Waals surface area (Å²) < 4.78 is 28.1. The normalized spacial score (nSPS) is 22.4. The van der Waals surface area contributed by atoms with Crippen LogP contribution in [-0.4, -0.2) is 36.2 Å². The van der Waals surface area contributed by atoms with Crippen LogP contribution in [0.1, 0.15) is 5.56 Å². The Morgan fingerprint density at radius 2 is 1.15 bits per heavy atom. The Morgan fingerprint density at radius 3 is 1.69 bits per heavy atom. The summed E-state index contributed by atoms with van der Waals surface area (Å²) in [5, 5.41) is 0. The quantitative estimate of drug-likeness (QED) is 0.545. The van der Waals surface area contributed by atoms with Gasteiger partial charge in [0.05, 0.1) is 0 Å². The van der Waals surface area contributed by atoms with Crippen LogP contribution in [0.2, 0.25) is 0 Å². The summed E-state index contributed by atoms with van der Waals surface area (Å²) >= 11 is 0. The van der Waals surface area contributed by atoms with Gasteiger partial charge >= 0.3 is 36.2 Å². The molecule has 132 valence electrons. The van der Waals surface area contributed by atoms with Gasteiger partial charge in [0.25, 0.3) is 0 Å². The number of fused-ring (bicyclic) bond motifs is 1. The minimum absolute atomic E-state index is 0.428. The van der Waals surface area contributed by atoms with E-state index in [0.29, 0.717) is 11.1 Å². The molecule has 10 nitrogen and oxygen atoms in total. The van der Waals surface area contributed by atoms with Crippen LogP contribution in [0.25, 0.3) is 5.57 Å². The van der Waals surface area contributed by atoms with Gasteiger partial charge in [0.2, 0.25) is 0 Å². The first-order chi connectivity index (χ1) is 12.4. The predicted molar refractivity (Wildman–Crippen MR) is 77.1 cm³/mol. The lowest BCUT2D eigenvalue weighted by Crippen LogP contribution is -2.66. The van der Waals surface area contributed by atoms with E-state index in [-0.39, 0.29) is 0 Å². The van der Waals surface area contributed by atoms with Crippen molar-refractivity contribution in [2.75, 3.05) is 0 Å². The highest BCUT2D eigenvalue weighted by Gasteiger charge is 2.68. The lowest BCUT2D eigenvalue weighted by molar-refractivity contribution is -0.335. The van der Waals surface area contributed by atoms with E-state index in [1.165, 1.54) is 6.08 Å². The summed E-state index contributed by atoms with van der Waals surface area (Å²) in [6.07, 6.45) is -2.03. The van der Waals surface area contributed by atoms with Crippen LogP contribution in [0.15, 0.2) is 48.6 Å². The van der Waals surface area contributed by atoms with Crippen LogP contribution in [0.3, 0.4) is 0 Å². The standard InChI is InChI=1S/C16H8O10/c17-11-21-12(18)24-15(23-11)7-6-10(9-4-2-1-3-5-9)8-16(15)25-13(19)22-14(20)26-16/h1-8H. The van der Waals surface area contributed by atoms with Crippen molar-refractivity contribution >= 4 is 30.2 Å². The number of rotatable bonds is 1. The average Bonchev–Trinajstić information content (AvgIpc) is 2.57. The van der Waals surface area contributed by atoms with Crippen molar-refractivity contribution in [3.63, 3.8) is 0 Å². The number of carbonyl (C=O) groups is 4. The van der Waals surface area contributed by atoms with Crippen molar-refractivity contribution in [1.29, 1.82) is 0 Å². The lowest BCUT2D eigenvalue weighted by atomic mass is 9.91. The first-order valence-electron chi connectivity index (χ1n) is 7.16. The highest BCUT2D eigenvalue weighted by molar-refractivity contribution is 5.85. The molecule has 0 atom stereocenters. The summed E-state index contributed by atoms with van der Waals surface area (Å²) in [5.41, 5.74) is 1.08. The van der Waals surface area contributed by atoms with Crippen molar-refractivity contribution in [3.8, 4) is 0 Å². The summed E-state index contributed by atoms with van der Waals surface area (Å²) in [6, 6.07) is 8.74. The Labute approximate surface area is 144 Å². The van der Waals surface area contributed by atoms with Gasteiger partial charge in [0, 0.05) is 12.2 Å². The third-order valence-corrected chi connectivity index (χ3v) is 3.69. The zero-order valence-corrected chi connectivity index (χ0v) is 12.7. The largest absolute Gasteiger partial charge is 0.522 e. The van der Waals surface area contributed by atoms with Gasteiger partial charge in [-0.25, -0.2) is 19.2 Å². The Kier molecular flexibility index (Phi) is 3.22. The number of hydrogen-bond acceptors (Lipinski definition) is 10. The molecule has 2 saturated heterocycles. The van der Waals surface area contributed by atoms with Crippen molar-refractivity contribution in [1.82, 2.24) is 0 Å². The summed E-state index contributed by atoms with van der Waals surface area (Å²) in [6.45, 7) is 0. The molecule has 2 fully saturated rings. The number of ether oxygens (including phenoxy) is 6. The molecule has 1 aromatic rings. The van der Waals surface area contributed by atoms with Crippen LogP contribution in [0.4, 0.5) is 19.2 Å². The molecule has 0 amide bonds. The van der Waals surface area contributed by atoms with E-state index >= 15 is 0 Å². The molecule has 26 heavy (non-hydrogen) atoms. The van der Waals surface area contributed by atoms with Crippen molar-refractivity contribution in [2.45, 2.75) is 11.6 Å². The van der Waals surface area contributed by atoms with Crippen molar-refractivity contribution in [3.05, 3.63) is 54.1 Å². The maximum atomic E-state index is 11.7. The number of benzene rings is 1. The minimum atomic E-state index is -2.44. The van der Waals surface area contributed by atoms with E-state index in [9.17, 15) is 19.2 Å². The molecule has 0 N–H and O–H groups in total. The van der Waals surface area contributed by atoms with Gasteiger partial charge in [-0.15, -0.1) is 0 Å². The van der Waals surface area contributed by atoms with E-state index < -0.39 is 36.2 Å². The van der Waals surface area contributed by atoms with Crippen LogP contribution in [0.5, 0.6) is 0 Å². The Morgan fingerprint density at radius 1 is 0.654 bits per heavy atom. The van der Waals surface area contributed by atoms with Crippen LogP contribution in [-0.2, 0) is 28.4 Å². The summed E-state index contributed by atoms with van der Waals surface area (Å²) in [4.78, 5) is 46.5. The second kappa shape index (κ2) is 5.34. The van der Waals surface area contributed by atoms with Gasteiger partial charge in [-0.1, -0.05) is 36.4 Å². The monoisotopic (exact) mass is 360 g/mol. The molecule has 10 heteroatoms. The molecule has 2 heterocycles. The first kappa shape index (κ1) is 15.7. The molecule has 3 aliphatic rings. The SMILES string of the molecule is O=C1OC(=O)OC2(C=CC(c3ccccc3)=CC23OC(=O)OC(=O)O3)O1. The third kappa shape index (κ3) is 2.35. The average molecular weight is 360 g/mol. The number of carbonyl (C=O) groups excluding carboxylic acids is 4. The van der Waals surface area contributed by atoms with Gasteiger partial charge in [-0.05, 0) is 11.1 Å². The van der Waals surface area contributed by atoms with E-state index in [4.69, 9.17) is 18.9 Å². The fourth-order valence-electron chi connectivity index (χ4n) is 2.65. The third-order valence-electron chi connectivity index (χ3n) is 3.69. The number of cyclic esters (lactones) is 4. The van der Waals surface area contributed by atoms with E-state index in [1.807, 2.05) is 0 Å². The highest BCUT2D eigenvalue weighted by atomic mass is 17.0. The Balaban J connectivity index is 1.86. The molecule has 1 aliphatic carbocycles. The van der Waals surface area contributed by atoms with Gasteiger partial charge in [-0.3, -0.25) is 0 Å². The predicted octanol–water partition coefficient (Wildman–Crippen LogP) is 2.64. The smallest absolute Gasteiger partial charge is 0.378 e. The Bertz CT molecular complexity index is 850. The van der Waals surface area contributed by atoms with Crippen LogP contribution >= 0.6 is 0 Å². The molecule has 0 aromatic heterocycles. The lowest BCUT2D eigenvalue weighted by Gasteiger charge is -2.45. The fourth-order valence-corrected chi connectivity index (χ4v) is 2.65. The molecule has 0 bridgehead atoms. The second-order valence-corrected chi connectivity index (χ2v) is 5.25. The molecule has 2 aliphatic heterocycles. The molecule has 0 radical (unpaired) electrons. The van der Waals surface area contributed by atoms with Gasteiger partial charge < -0.3 is 28.4 Å². The molecule has 0 saturated carbocycles. The summed E-state index contributed by atoms with van der Waals surface area (Å²) in [7, 11) is 0. The second-order valence-electron chi connectivity index (χ2n) is 5.25. The van der Waals surface area contributed by atoms with E-state index in [0.717, 1.165) is 12.2 Å². The number of hydrogen-bond donors (Lipinski definition) is 0. The molecule has 4 rings (SSSR count). The molecular weight excluding hydrogens is 352 g/mol. The van der Waals surface area contributed by atoms with Gasteiger partial charge in [0.1, 0.15) is 0 Å². The molecule has 1 aromatic carbocycles. The molecular formula is C16H8O10. The maximum absolute atomic E-state index is 11.7. The maximum Gasteiger partial charge on any atom is 0.522 e. The zero-order valence-electron chi connectivity index (χ0n) is 12.7. The van der Waals surface area contributed by atoms with Crippen molar-refractivity contribution < 1.29 is 47.6 Å². The minimum Gasteiger partial charge on any atom is -0.378 e. The van der Waals surface area contributed by atoms with Crippen LogP contribution < -0.4 is 0 Å². The van der Waals surface area contributed by atoms with Crippen molar-refractivity contribution in [2.24, 2.45) is 0 Å². The topological polar surface area (TPSA) is 124 Å². The zero-order chi connectivity index (χ0) is 18.4. The number of allylic oxidation sites excluding steroid dienone is 2. The summed E-state index contributed by atoms with van der Waals surface area (Å²) in [5.74, 6) is -4.85. The van der Waals surface area contributed by atoms with E-state index in [2.05, 4.69) is 9.47 Å². The molecule has 0 unspecified atom stereocenters. The van der Waals surface area contributed by atoms with E-state index in [1.54, 1.807) is 30.3 Å². The molecule has 2 spiro atoms. The van der Waals surface area contributed by atoms with Gasteiger partial charge in [-0.2, -0.15) is 0 Å². The fraction of sp³-hybridized carbons (Fsp3) is 0.125. The van der Waals surface area contributed by atoms with Crippen LogP contribution in [0, 0.1) is 0 Å².